The summed E-state index contributed by atoms with van der Waals surface area (Å²) in [6.07, 6.45) is 0.0153. The minimum absolute atomic E-state index is 0.0932. The smallest absolute Gasteiger partial charge is 0.231 e. The molecular weight excluding hydrogens is 336 g/mol. The van der Waals surface area contributed by atoms with Crippen LogP contribution in [0.25, 0.3) is 0 Å². The van der Waals surface area contributed by atoms with Gasteiger partial charge in [0.2, 0.25) is 6.79 Å². The molecule has 0 saturated heterocycles. The van der Waals surface area contributed by atoms with Gasteiger partial charge in [-0.2, -0.15) is 0 Å². The molecule has 2 aliphatic rings. The first kappa shape index (κ1) is 12.7. The third kappa shape index (κ3) is 2.08. The van der Waals surface area contributed by atoms with E-state index in [0.29, 0.717) is 29.2 Å². The van der Waals surface area contributed by atoms with Crippen molar-refractivity contribution in [2.75, 3.05) is 6.79 Å². The highest BCUT2D eigenvalue weighted by atomic mass is 79.9. The molecule has 0 amide bonds. The van der Waals surface area contributed by atoms with Crippen LogP contribution < -0.4 is 14.2 Å². The highest BCUT2D eigenvalue weighted by Gasteiger charge is 2.29. The number of ether oxygens (including phenoxy) is 3. The lowest BCUT2D eigenvalue weighted by Gasteiger charge is -2.25. The van der Waals surface area contributed by atoms with Gasteiger partial charge in [0.15, 0.2) is 17.3 Å². The van der Waals surface area contributed by atoms with Gasteiger partial charge in [0.1, 0.15) is 11.9 Å². The van der Waals surface area contributed by atoms with E-state index in [9.17, 15) is 4.79 Å². The van der Waals surface area contributed by atoms with E-state index in [1.54, 1.807) is 6.07 Å². The lowest BCUT2D eigenvalue weighted by molar-refractivity contribution is 0.0849. The van der Waals surface area contributed by atoms with E-state index in [-0.39, 0.29) is 18.7 Å². The molecule has 0 radical (unpaired) electrons. The minimum atomic E-state index is -0.307. The quantitative estimate of drug-likeness (QED) is 0.785. The van der Waals surface area contributed by atoms with Crippen molar-refractivity contribution in [3.05, 3.63) is 52.0 Å². The number of para-hydroxylation sites is 1. The molecule has 1 unspecified atom stereocenters. The molecule has 0 aromatic heterocycles. The van der Waals surface area contributed by atoms with Crippen molar-refractivity contribution >= 4 is 21.7 Å². The number of benzene rings is 2. The second kappa shape index (κ2) is 4.77. The molecule has 21 heavy (non-hydrogen) atoms. The molecule has 0 N–H and O–H groups in total. The summed E-state index contributed by atoms with van der Waals surface area (Å²) in [5.74, 6) is 2.10. The summed E-state index contributed by atoms with van der Waals surface area (Å²) in [7, 11) is 0. The Bertz CT molecular complexity index is 741. The van der Waals surface area contributed by atoms with Gasteiger partial charge >= 0.3 is 0 Å². The summed E-state index contributed by atoms with van der Waals surface area (Å²) >= 11 is 3.47. The largest absolute Gasteiger partial charge is 0.484 e. The highest BCUT2D eigenvalue weighted by molar-refractivity contribution is 9.10. The topological polar surface area (TPSA) is 44.8 Å². The number of rotatable bonds is 1. The van der Waals surface area contributed by atoms with Crippen LogP contribution in [0.1, 0.15) is 28.4 Å². The first-order valence-electron chi connectivity index (χ1n) is 6.60. The summed E-state index contributed by atoms with van der Waals surface area (Å²) < 4.78 is 17.6. The fourth-order valence-corrected chi connectivity index (χ4v) is 3.21. The van der Waals surface area contributed by atoms with E-state index in [1.165, 1.54) is 0 Å². The lowest BCUT2D eigenvalue weighted by Crippen LogP contribution is -2.20. The van der Waals surface area contributed by atoms with Gasteiger partial charge in [-0.05, 0) is 45.8 Å². The first-order chi connectivity index (χ1) is 10.2. The molecule has 2 aromatic rings. The fraction of sp³-hybridized carbons (Fsp3) is 0.188. The fourth-order valence-electron chi connectivity index (χ4n) is 2.63. The zero-order valence-electron chi connectivity index (χ0n) is 11.0. The van der Waals surface area contributed by atoms with Gasteiger partial charge in [-0.1, -0.05) is 12.1 Å². The molecule has 0 aliphatic carbocycles. The minimum Gasteiger partial charge on any atom is -0.484 e. The zero-order chi connectivity index (χ0) is 14.4. The van der Waals surface area contributed by atoms with Crippen LogP contribution in [0.3, 0.4) is 0 Å². The molecule has 0 fully saturated rings. The Kier molecular flexibility index (Phi) is 2.89. The summed E-state index contributed by atoms with van der Waals surface area (Å²) in [6.45, 7) is 0.213. The van der Waals surface area contributed by atoms with Crippen LogP contribution in [0.2, 0.25) is 0 Å². The van der Waals surface area contributed by atoms with Gasteiger partial charge in [-0.3, -0.25) is 4.79 Å². The third-order valence-electron chi connectivity index (χ3n) is 3.65. The second-order valence-corrected chi connectivity index (χ2v) is 5.82. The Morgan fingerprint density at radius 1 is 1.10 bits per heavy atom. The Balaban J connectivity index is 1.73. The number of halogens is 1. The van der Waals surface area contributed by atoms with Crippen LogP contribution in [0.15, 0.2) is 40.9 Å². The van der Waals surface area contributed by atoms with E-state index in [0.717, 1.165) is 10.0 Å². The number of carbonyl (C=O) groups excluding carboxylic acids is 1. The number of hydrogen-bond donors (Lipinski definition) is 0. The standard InChI is InChI=1S/C16H11BrO4/c17-11-5-9(6-15-16(11)20-8-19-15)14-7-12(18)10-3-1-2-4-13(10)21-14/h1-6,14H,7-8H2. The third-order valence-corrected chi connectivity index (χ3v) is 4.24. The molecule has 2 aromatic carbocycles. The average Bonchev–Trinajstić information content (AvgIpc) is 2.96. The highest BCUT2D eigenvalue weighted by Crippen LogP contribution is 2.43. The lowest BCUT2D eigenvalue weighted by atomic mass is 9.96. The molecule has 5 heteroatoms. The number of hydrogen-bond acceptors (Lipinski definition) is 4. The van der Waals surface area contributed by atoms with Crippen molar-refractivity contribution in [1.29, 1.82) is 0 Å². The normalized spacial score (nSPS) is 19.1. The van der Waals surface area contributed by atoms with Gasteiger partial charge in [0, 0.05) is 0 Å². The molecular formula is C16H11BrO4. The van der Waals surface area contributed by atoms with Gasteiger partial charge in [0.25, 0.3) is 0 Å². The Labute approximate surface area is 129 Å². The van der Waals surface area contributed by atoms with Crippen LogP contribution in [-0.2, 0) is 0 Å². The van der Waals surface area contributed by atoms with Gasteiger partial charge in [0.05, 0.1) is 16.5 Å². The van der Waals surface area contributed by atoms with Crippen LogP contribution in [0.4, 0.5) is 0 Å². The SMILES string of the molecule is O=C1CC(c2cc(Br)c3c(c2)OCO3)Oc2ccccc21. The Hall–Kier alpha value is -2.01. The molecule has 0 bridgehead atoms. The predicted molar refractivity (Wildman–Crippen MR) is 79.0 cm³/mol. The summed E-state index contributed by atoms with van der Waals surface area (Å²) in [4.78, 5) is 12.2. The number of carbonyl (C=O) groups is 1. The summed E-state index contributed by atoms with van der Waals surface area (Å²) in [5, 5.41) is 0. The monoisotopic (exact) mass is 346 g/mol. The van der Waals surface area contributed by atoms with E-state index < -0.39 is 0 Å². The maximum absolute atomic E-state index is 12.2. The van der Waals surface area contributed by atoms with Gasteiger partial charge in [-0.25, -0.2) is 0 Å². The van der Waals surface area contributed by atoms with Crippen molar-refractivity contribution < 1.29 is 19.0 Å². The number of fused-ring (bicyclic) bond motifs is 2. The van der Waals surface area contributed by atoms with Crippen molar-refractivity contribution in [3.8, 4) is 17.2 Å². The molecule has 0 spiro atoms. The van der Waals surface area contributed by atoms with Crippen molar-refractivity contribution in [2.45, 2.75) is 12.5 Å². The molecule has 4 rings (SSSR count). The summed E-state index contributed by atoms with van der Waals surface area (Å²) in [6, 6.07) is 11.1. The van der Waals surface area contributed by atoms with Crippen LogP contribution in [0, 0.1) is 0 Å². The molecule has 106 valence electrons. The van der Waals surface area contributed by atoms with E-state index in [2.05, 4.69) is 15.9 Å². The first-order valence-corrected chi connectivity index (χ1v) is 7.39. The molecule has 2 heterocycles. The van der Waals surface area contributed by atoms with Crippen molar-refractivity contribution in [1.82, 2.24) is 0 Å². The molecule has 0 saturated carbocycles. The van der Waals surface area contributed by atoms with E-state index in [1.807, 2.05) is 30.3 Å². The predicted octanol–water partition coefficient (Wildman–Crippen LogP) is 3.88. The molecule has 4 nitrogen and oxygen atoms in total. The molecule has 2 aliphatic heterocycles. The van der Waals surface area contributed by atoms with Crippen LogP contribution >= 0.6 is 15.9 Å². The van der Waals surface area contributed by atoms with Gasteiger partial charge in [-0.15, -0.1) is 0 Å². The number of ketones is 1. The maximum Gasteiger partial charge on any atom is 0.231 e. The van der Waals surface area contributed by atoms with E-state index in [4.69, 9.17) is 14.2 Å². The van der Waals surface area contributed by atoms with Crippen molar-refractivity contribution in [3.63, 3.8) is 0 Å². The van der Waals surface area contributed by atoms with Crippen molar-refractivity contribution in [2.24, 2.45) is 0 Å². The second-order valence-electron chi connectivity index (χ2n) is 4.97. The Morgan fingerprint density at radius 2 is 1.95 bits per heavy atom. The average molecular weight is 347 g/mol. The van der Waals surface area contributed by atoms with E-state index >= 15 is 0 Å². The molecule has 1 atom stereocenters. The summed E-state index contributed by atoms with van der Waals surface area (Å²) in [5.41, 5.74) is 1.54. The van der Waals surface area contributed by atoms with Crippen LogP contribution in [0.5, 0.6) is 17.2 Å². The number of Topliss-reactive ketones (excluding diaryl/α,β-unsaturated/α-hetero) is 1. The zero-order valence-corrected chi connectivity index (χ0v) is 12.6. The Morgan fingerprint density at radius 3 is 2.86 bits per heavy atom. The van der Waals surface area contributed by atoms with Gasteiger partial charge < -0.3 is 14.2 Å². The van der Waals surface area contributed by atoms with Crippen LogP contribution in [-0.4, -0.2) is 12.6 Å². The maximum atomic E-state index is 12.2.